The number of nitrogens with zero attached hydrogens (tertiary/aromatic N) is 1. The molecule has 0 saturated carbocycles. The summed E-state index contributed by atoms with van der Waals surface area (Å²) in [5.74, 6) is 1.02. The summed E-state index contributed by atoms with van der Waals surface area (Å²) < 4.78 is 6.54. The summed E-state index contributed by atoms with van der Waals surface area (Å²) in [5, 5.41) is 0.503. The number of rotatable bonds is 2. The highest BCUT2D eigenvalue weighted by atomic mass is 79.9. The highest BCUT2D eigenvalue weighted by Crippen LogP contribution is 2.32. The van der Waals surface area contributed by atoms with Crippen molar-refractivity contribution >= 4 is 33.2 Å². The topological polar surface area (TPSA) is 48.1 Å². The Morgan fingerprint density at radius 2 is 2.12 bits per heavy atom. The highest BCUT2D eigenvalue weighted by Gasteiger charge is 2.07. The molecule has 0 bridgehead atoms. The first-order valence-corrected chi connectivity index (χ1v) is 6.08. The first kappa shape index (κ1) is 12.2. The number of hydrogen-bond donors (Lipinski definition) is 1. The van der Waals surface area contributed by atoms with Crippen molar-refractivity contribution in [3.05, 3.63) is 45.5 Å². The van der Waals surface area contributed by atoms with Crippen LogP contribution in [0.2, 0.25) is 5.02 Å². The number of halogens is 2. The Hall–Kier alpha value is -1.26. The summed E-state index contributed by atoms with van der Waals surface area (Å²) in [6.45, 7) is 1.91. The number of ether oxygens (including phenoxy) is 1. The summed E-state index contributed by atoms with van der Waals surface area (Å²) >= 11 is 9.36. The normalized spacial score (nSPS) is 10.3. The highest BCUT2D eigenvalue weighted by molar-refractivity contribution is 9.10. The Morgan fingerprint density at radius 1 is 1.35 bits per heavy atom. The van der Waals surface area contributed by atoms with Gasteiger partial charge in [0.25, 0.3) is 0 Å². The van der Waals surface area contributed by atoms with Crippen molar-refractivity contribution in [3.63, 3.8) is 0 Å². The van der Waals surface area contributed by atoms with Gasteiger partial charge in [0.1, 0.15) is 5.75 Å². The second kappa shape index (κ2) is 4.94. The van der Waals surface area contributed by atoms with Crippen LogP contribution in [-0.2, 0) is 0 Å². The van der Waals surface area contributed by atoms with E-state index in [0.717, 1.165) is 10.0 Å². The van der Waals surface area contributed by atoms with Crippen LogP contribution in [0.4, 0.5) is 5.69 Å². The van der Waals surface area contributed by atoms with Crippen LogP contribution in [-0.4, -0.2) is 4.98 Å². The molecule has 0 aliphatic carbocycles. The van der Waals surface area contributed by atoms with Crippen LogP contribution in [0.5, 0.6) is 11.6 Å². The van der Waals surface area contributed by atoms with Crippen LogP contribution in [0.3, 0.4) is 0 Å². The van der Waals surface area contributed by atoms with E-state index in [1.807, 2.05) is 13.0 Å². The standard InChI is InChI=1S/C12H10BrClN2O/c1-7-4-8(13)6-16-12(7)17-11-5-9(15)2-3-10(11)14/h2-6H,15H2,1H3. The molecule has 0 aliphatic rings. The molecule has 1 heterocycles. The Balaban J connectivity index is 2.34. The van der Waals surface area contributed by atoms with Gasteiger partial charge in [0.05, 0.1) is 5.02 Å². The minimum atomic E-state index is 0.503. The number of benzene rings is 1. The average Bonchev–Trinajstić information content (AvgIpc) is 2.27. The molecule has 0 saturated heterocycles. The molecule has 0 spiro atoms. The lowest BCUT2D eigenvalue weighted by molar-refractivity contribution is 0.459. The third-order valence-corrected chi connectivity index (χ3v) is 2.90. The van der Waals surface area contributed by atoms with Gasteiger partial charge in [-0.05, 0) is 41.1 Å². The molecule has 1 aromatic carbocycles. The van der Waals surface area contributed by atoms with Crippen LogP contribution < -0.4 is 10.5 Å². The lowest BCUT2D eigenvalue weighted by Gasteiger charge is -2.09. The molecule has 2 N–H and O–H groups in total. The second-order valence-corrected chi connectivity index (χ2v) is 4.89. The summed E-state index contributed by atoms with van der Waals surface area (Å²) in [7, 11) is 0. The van der Waals surface area contributed by atoms with E-state index in [1.165, 1.54) is 0 Å². The van der Waals surface area contributed by atoms with Gasteiger partial charge in [0.15, 0.2) is 0 Å². The molecule has 3 nitrogen and oxygen atoms in total. The lowest BCUT2D eigenvalue weighted by Crippen LogP contribution is -1.93. The van der Waals surface area contributed by atoms with E-state index in [9.17, 15) is 0 Å². The maximum absolute atomic E-state index is 6.01. The van der Waals surface area contributed by atoms with Gasteiger partial charge >= 0.3 is 0 Å². The molecule has 0 aliphatic heterocycles. The number of aromatic nitrogens is 1. The van der Waals surface area contributed by atoms with E-state index in [4.69, 9.17) is 22.1 Å². The minimum absolute atomic E-state index is 0.503. The molecule has 0 unspecified atom stereocenters. The zero-order chi connectivity index (χ0) is 12.4. The Kier molecular flexibility index (Phi) is 3.54. The summed E-state index contributed by atoms with van der Waals surface area (Å²) in [6, 6.07) is 7.01. The maximum atomic E-state index is 6.01. The van der Waals surface area contributed by atoms with E-state index in [2.05, 4.69) is 20.9 Å². The third kappa shape index (κ3) is 2.90. The van der Waals surface area contributed by atoms with Gasteiger partial charge in [-0.15, -0.1) is 0 Å². The number of nitrogens with two attached hydrogens (primary N) is 1. The van der Waals surface area contributed by atoms with E-state index in [0.29, 0.717) is 22.3 Å². The molecule has 0 amide bonds. The zero-order valence-corrected chi connectivity index (χ0v) is 11.4. The predicted molar refractivity (Wildman–Crippen MR) is 72.6 cm³/mol. The van der Waals surface area contributed by atoms with Crippen molar-refractivity contribution < 1.29 is 4.74 Å². The van der Waals surface area contributed by atoms with E-state index in [-0.39, 0.29) is 0 Å². The van der Waals surface area contributed by atoms with Crippen LogP contribution >= 0.6 is 27.5 Å². The first-order valence-electron chi connectivity index (χ1n) is 4.91. The smallest absolute Gasteiger partial charge is 0.222 e. The second-order valence-electron chi connectivity index (χ2n) is 3.57. The van der Waals surface area contributed by atoms with Crippen LogP contribution in [0.15, 0.2) is 34.9 Å². The number of hydrogen-bond acceptors (Lipinski definition) is 3. The molecular formula is C12H10BrClN2O. The Bertz CT molecular complexity index is 560. The Morgan fingerprint density at radius 3 is 2.82 bits per heavy atom. The van der Waals surface area contributed by atoms with Crippen LogP contribution in [0.25, 0.3) is 0 Å². The minimum Gasteiger partial charge on any atom is -0.437 e. The number of nitrogen functional groups attached to an aromatic ring is 1. The molecule has 0 radical (unpaired) electrons. The first-order chi connectivity index (χ1) is 8.06. The SMILES string of the molecule is Cc1cc(Br)cnc1Oc1cc(N)ccc1Cl. The average molecular weight is 314 g/mol. The largest absolute Gasteiger partial charge is 0.437 e. The van der Waals surface area contributed by atoms with Gasteiger partial charge < -0.3 is 10.5 Å². The maximum Gasteiger partial charge on any atom is 0.222 e. The van der Waals surface area contributed by atoms with Crippen molar-refractivity contribution in [2.24, 2.45) is 0 Å². The van der Waals surface area contributed by atoms with Gasteiger partial charge in [0.2, 0.25) is 5.88 Å². The quantitative estimate of drug-likeness (QED) is 0.846. The number of aryl methyl sites for hydroxylation is 1. The van der Waals surface area contributed by atoms with Gasteiger partial charge in [-0.1, -0.05) is 11.6 Å². The van der Waals surface area contributed by atoms with Crippen molar-refractivity contribution in [2.45, 2.75) is 6.92 Å². The van der Waals surface area contributed by atoms with Crippen molar-refractivity contribution in [1.29, 1.82) is 0 Å². The summed E-state index contributed by atoms with van der Waals surface area (Å²) in [5.41, 5.74) is 7.19. The summed E-state index contributed by atoms with van der Waals surface area (Å²) in [4.78, 5) is 4.18. The third-order valence-electron chi connectivity index (χ3n) is 2.16. The van der Waals surface area contributed by atoms with Crippen LogP contribution in [0.1, 0.15) is 5.56 Å². The molecular weight excluding hydrogens is 304 g/mol. The molecule has 5 heteroatoms. The fourth-order valence-electron chi connectivity index (χ4n) is 1.34. The van der Waals surface area contributed by atoms with Crippen molar-refractivity contribution in [1.82, 2.24) is 4.98 Å². The van der Waals surface area contributed by atoms with Gasteiger partial charge in [-0.3, -0.25) is 0 Å². The van der Waals surface area contributed by atoms with Crippen LogP contribution in [0, 0.1) is 6.92 Å². The van der Waals surface area contributed by atoms with Gasteiger partial charge in [0, 0.05) is 28.0 Å². The number of pyridine rings is 1. The molecule has 2 rings (SSSR count). The van der Waals surface area contributed by atoms with E-state index >= 15 is 0 Å². The van der Waals surface area contributed by atoms with E-state index < -0.39 is 0 Å². The monoisotopic (exact) mass is 312 g/mol. The van der Waals surface area contributed by atoms with Crippen molar-refractivity contribution in [3.8, 4) is 11.6 Å². The molecule has 17 heavy (non-hydrogen) atoms. The molecule has 88 valence electrons. The Labute approximate surface area is 113 Å². The molecule has 0 fully saturated rings. The fraction of sp³-hybridized carbons (Fsp3) is 0.0833. The fourth-order valence-corrected chi connectivity index (χ4v) is 1.94. The van der Waals surface area contributed by atoms with E-state index in [1.54, 1.807) is 24.4 Å². The summed E-state index contributed by atoms with van der Waals surface area (Å²) in [6.07, 6.45) is 1.67. The molecule has 0 atom stereocenters. The predicted octanol–water partition coefficient (Wildman–Crippen LogP) is 4.18. The lowest BCUT2D eigenvalue weighted by atomic mass is 10.3. The van der Waals surface area contributed by atoms with Gasteiger partial charge in [-0.2, -0.15) is 0 Å². The van der Waals surface area contributed by atoms with Crippen molar-refractivity contribution in [2.75, 3.05) is 5.73 Å². The zero-order valence-electron chi connectivity index (χ0n) is 9.08. The van der Waals surface area contributed by atoms with Gasteiger partial charge in [-0.25, -0.2) is 4.98 Å². The molecule has 2 aromatic rings. The number of anilines is 1. The molecule has 1 aromatic heterocycles.